The molecule has 0 unspecified atom stereocenters. The van der Waals surface area contributed by atoms with Crippen molar-refractivity contribution in [1.82, 2.24) is 15.3 Å². The Morgan fingerprint density at radius 1 is 1.00 bits per heavy atom. The molecule has 2 aromatic carbocycles. The summed E-state index contributed by atoms with van der Waals surface area (Å²) >= 11 is 6.19. The van der Waals surface area contributed by atoms with Crippen molar-refractivity contribution in [3.63, 3.8) is 0 Å². The van der Waals surface area contributed by atoms with E-state index in [1.54, 1.807) is 49.4 Å². The number of aromatic nitrogens is 2. The number of hydrogen-bond donors (Lipinski definition) is 4. The van der Waals surface area contributed by atoms with Gasteiger partial charge in [-0.2, -0.15) is 0 Å². The molecule has 31 heavy (non-hydrogen) atoms. The average molecular weight is 442 g/mol. The highest BCUT2D eigenvalue weighted by atomic mass is 35.5. The van der Waals surface area contributed by atoms with Gasteiger partial charge in [0.25, 0.3) is 17.7 Å². The molecule has 9 nitrogen and oxygen atoms in total. The number of imidazole rings is 1. The molecule has 0 saturated heterocycles. The molecule has 4 N–H and O–H groups in total. The highest BCUT2D eigenvalue weighted by molar-refractivity contribution is 6.35. The lowest BCUT2D eigenvalue weighted by atomic mass is 10.2. The van der Waals surface area contributed by atoms with E-state index in [-0.39, 0.29) is 22.0 Å². The van der Waals surface area contributed by atoms with Crippen molar-refractivity contribution >= 4 is 40.7 Å². The van der Waals surface area contributed by atoms with E-state index < -0.39 is 17.7 Å². The van der Waals surface area contributed by atoms with Gasteiger partial charge in [0.2, 0.25) is 0 Å². The van der Waals surface area contributed by atoms with Gasteiger partial charge in [-0.05, 0) is 43.3 Å². The molecule has 0 aliphatic rings. The number of carbonyl (C=O) groups is 3. The third kappa shape index (κ3) is 5.01. The van der Waals surface area contributed by atoms with Crippen LogP contribution in [0.3, 0.4) is 0 Å². The Morgan fingerprint density at radius 2 is 1.65 bits per heavy atom. The molecule has 0 aliphatic heterocycles. The summed E-state index contributed by atoms with van der Waals surface area (Å²) in [6.07, 6.45) is 1.28. The molecule has 0 radical (unpaired) electrons. The number of ether oxygens (including phenoxy) is 1. The van der Waals surface area contributed by atoms with Crippen molar-refractivity contribution in [3.8, 4) is 5.75 Å². The normalized spacial score (nSPS) is 10.3. The largest absolute Gasteiger partial charge is 0.495 e. The Labute approximate surface area is 183 Å². The first-order valence-electron chi connectivity index (χ1n) is 9.31. The number of methoxy groups -OCH3 is 1. The predicted octanol–water partition coefficient (Wildman–Crippen LogP) is 3.33. The summed E-state index contributed by atoms with van der Waals surface area (Å²) < 4.78 is 5.12. The van der Waals surface area contributed by atoms with Crippen molar-refractivity contribution in [2.45, 2.75) is 6.92 Å². The Kier molecular flexibility index (Phi) is 6.88. The molecule has 160 valence electrons. The van der Waals surface area contributed by atoms with Crippen LogP contribution in [0.2, 0.25) is 5.02 Å². The van der Waals surface area contributed by atoms with Gasteiger partial charge in [-0.1, -0.05) is 17.7 Å². The van der Waals surface area contributed by atoms with E-state index in [2.05, 4.69) is 25.9 Å². The lowest BCUT2D eigenvalue weighted by molar-refractivity contribution is 0.0937. The smallest absolute Gasteiger partial charge is 0.276 e. The number of aromatic amines is 1. The molecule has 0 atom stereocenters. The number of anilines is 2. The highest BCUT2D eigenvalue weighted by Gasteiger charge is 2.20. The van der Waals surface area contributed by atoms with Crippen molar-refractivity contribution in [2.24, 2.45) is 0 Å². The Morgan fingerprint density at radius 3 is 2.26 bits per heavy atom. The fourth-order valence-electron chi connectivity index (χ4n) is 2.76. The van der Waals surface area contributed by atoms with E-state index in [1.165, 1.54) is 13.4 Å². The fourth-order valence-corrected chi connectivity index (χ4v) is 3.05. The van der Waals surface area contributed by atoms with Crippen LogP contribution < -0.4 is 20.7 Å². The third-order valence-corrected chi connectivity index (χ3v) is 4.64. The molecule has 0 saturated carbocycles. The van der Waals surface area contributed by atoms with E-state index in [0.717, 1.165) is 0 Å². The zero-order chi connectivity index (χ0) is 22.4. The van der Waals surface area contributed by atoms with Gasteiger partial charge in [0.15, 0.2) is 5.69 Å². The quantitative estimate of drug-likeness (QED) is 0.447. The summed E-state index contributed by atoms with van der Waals surface area (Å²) in [6, 6.07) is 11.4. The van der Waals surface area contributed by atoms with Gasteiger partial charge in [-0.15, -0.1) is 0 Å². The van der Waals surface area contributed by atoms with E-state index in [4.69, 9.17) is 16.3 Å². The summed E-state index contributed by atoms with van der Waals surface area (Å²) in [7, 11) is 1.47. The molecule has 0 spiro atoms. The maximum atomic E-state index is 12.5. The van der Waals surface area contributed by atoms with E-state index >= 15 is 0 Å². The van der Waals surface area contributed by atoms with Gasteiger partial charge < -0.3 is 25.7 Å². The molecule has 0 bridgehead atoms. The van der Waals surface area contributed by atoms with Crippen LogP contribution in [0.15, 0.2) is 48.8 Å². The summed E-state index contributed by atoms with van der Waals surface area (Å²) in [4.78, 5) is 43.6. The van der Waals surface area contributed by atoms with Gasteiger partial charge in [0.05, 0.1) is 24.0 Å². The molecule has 1 aromatic heterocycles. The number of hydrogen-bond acceptors (Lipinski definition) is 5. The van der Waals surface area contributed by atoms with E-state index in [1.807, 2.05) is 0 Å². The first-order chi connectivity index (χ1) is 14.9. The Balaban J connectivity index is 1.67. The number of halogens is 1. The van der Waals surface area contributed by atoms with Crippen LogP contribution in [0.25, 0.3) is 0 Å². The molecule has 1 heterocycles. The second kappa shape index (κ2) is 9.77. The van der Waals surface area contributed by atoms with Crippen molar-refractivity contribution in [3.05, 3.63) is 70.8 Å². The predicted molar refractivity (Wildman–Crippen MR) is 117 cm³/mol. The first-order valence-corrected chi connectivity index (χ1v) is 9.69. The minimum Gasteiger partial charge on any atom is -0.495 e. The van der Waals surface area contributed by atoms with E-state index in [0.29, 0.717) is 23.7 Å². The zero-order valence-electron chi connectivity index (χ0n) is 16.8. The molecule has 3 aromatic rings. The first kappa shape index (κ1) is 21.8. The van der Waals surface area contributed by atoms with Crippen LogP contribution in [0.5, 0.6) is 5.75 Å². The monoisotopic (exact) mass is 441 g/mol. The number of nitrogens with one attached hydrogen (secondary N) is 4. The van der Waals surface area contributed by atoms with Gasteiger partial charge >= 0.3 is 0 Å². The molecule has 3 amide bonds. The lowest BCUT2D eigenvalue weighted by Crippen LogP contribution is -2.26. The third-order valence-electron chi connectivity index (χ3n) is 4.25. The van der Waals surface area contributed by atoms with Crippen molar-refractivity contribution < 1.29 is 19.1 Å². The molecule has 10 heteroatoms. The van der Waals surface area contributed by atoms with Gasteiger partial charge in [-0.3, -0.25) is 14.4 Å². The number of amides is 3. The molecule has 0 aliphatic carbocycles. The minimum atomic E-state index is -0.539. The van der Waals surface area contributed by atoms with Gasteiger partial charge in [0.1, 0.15) is 11.4 Å². The topological polar surface area (TPSA) is 125 Å². The highest BCUT2D eigenvalue weighted by Crippen LogP contribution is 2.28. The number of nitrogens with zero attached hydrogens (tertiary/aromatic N) is 1. The lowest BCUT2D eigenvalue weighted by Gasteiger charge is -2.10. The summed E-state index contributed by atoms with van der Waals surface area (Å²) in [5, 5.41) is 8.23. The molecule has 0 fully saturated rings. The fraction of sp³-hybridized carbons (Fsp3) is 0.143. The van der Waals surface area contributed by atoms with Crippen LogP contribution in [0.1, 0.15) is 38.3 Å². The summed E-state index contributed by atoms with van der Waals surface area (Å²) in [6.45, 7) is 2.20. The number of H-pyrrole nitrogens is 1. The standard InChI is InChI=1S/C21H20ClN5O4/c1-3-23-20(29)17-18(25-11-24-17)21(30)27-13-9-7-12(8-10-13)26-19(28)14-5-4-6-15(31-2)16(14)22/h4-11H,3H2,1-2H3,(H,23,29)(H,24,25)(H,26,28)(H,27,30). The SMILES string of the molecule is CCNC(=O)c1[nH]cnc1C(=O)Nc1ccc(NC(=O)c2cccc(OC)c2Cl)cc1. The van der Waals surface area contributed by atoms with Crippen LogP contribution >= 0.6 is 11.6 Å². The van der Waals surface area contributed by atoms with Crippen LogP contribution in [0.4, 0.5) is 11.4 Å². The average Bonchev–Trinajstić information content (AvgIpc) is 3.26. The minimum absolute atomic E-state index is 0.0176. The van der Waals surface area contributed by atoms with Crippen molar-refractivity contribution in [2.75, 3.05) is 24.3 Å². The Hall–Kier alpha value is -3.85. The Bertz CT molecular complexity index is 1110. The molecule has 3 rings (SSSR count). The number of carbonyl (C=O) groups excluding carboxylic acids is 3. The zero-order valence-corrected chi connectivity index (χ0v) is 17.5. The van der Waals surface area contributed by atoms with Gasteiger partial charge in [0, 0.05) is 17.9 Å². The van der Waals surface area contributed by atoms with E-state index in [9.17, 15) is 14.4 Å². The number of benzene rings is 2. The second-order valence-electron chi connectivity index (χ2n) is 6.29. The maximum absolute atomic E-state index is 12.5. The number of rotatable bonds is 7. The van der Waals surface area contributed by atoms with Crippen LogP contribution in [-0.2, 0) is 0 Å². The second-order valence-corrected chi connectivity index (χ2v) is 6.67. The summed E-state index contributed by atoms with van der Waals surface area (Å²) in [5.74, 6) is -0.955. The summed E-state index contributed by atoms with van der Waals surface area (Å²) in [5.41, 5.74) is 1.31. The van der Waals surface area contributed by atoms with Gasteiger partial charge in [-0.25, -0.2) is 4.98 Å². The van der Waals surface area contributed by atoms with Crippen LogP contribution in [0, 0.1) is 0 Å². The van der Waals surface area contributed by atoms with Crippen LogP contribution in [-0.4, -0.2) is 41.3 Å². The molecular formula is C21H20ClN5O4. The maximum Gasteiger partial charge on any atom is 0.276 e. The molecular weight excluding hydrogens is 422 g/mol. The van der Waals surface area contributed by atoms with Crippen molar-refractivity contribution in [1.29, 1.82) is 0 Å².